The summed E-state index contributed by atoms with van der Waals surface area (Å²) in [6, 6.07) is 0. The topological polar surface area (TPSA) is 32.7 Å². The van der Waals surface area contributed by atoms with Crippen molar-refractivity contribution in [3.63, 3.8) is 0 Å². The van der Waals surface area contributed by atoms with Gasteiger partial charge in [0.05, 0.1) is 6.54 Å². The molecule has 12 heavy (non-hydrogen) atoms. The molecule has 0 saturated carbocycles. The minimum atomic E-state index is -0.657. The molecule has 0 aliphatic rings. The third kappa shape index (κ3) is 3.85. The molecule has 1 amide bonds. The summed E-state index contributed by atoms with van der Waals surface area (Å²) in [4.78, 5) is 14.4. The molecular formula is C8H13FN2O. The van der Waals surface area contributed by atoms with Gasteiger partial charge in [0.1, 0.15) is 0 Å². The number of hydrogen-bond donors (Lipinski definition) is 0. The van der Waals surface area contributed by atoms with Crippen LogP contribution in [0.5, 0.6) is 0 Å². The number of likely N-dealkylation sites (N-methyl/N-ethyl adjacent to an activating group) is 1. The molecule has 0 aromatic heterocycles. The van der Waals surface area contributed by atoms with Gasteiger partial charge in [0.15, 0.2) is 0 Å². The van der Waals surface area contributed by atoms with Crippen LogP contribution < -0.4 is 0 Å². The Hall–Kier alpha value is -1.19. The van der Waals surface area contributed by atoms with E-state index in [1.807, 2.05) is 6.92 Å². The number of hydrogen-bond acceptors (Lipinski definition) is 2. The average Bonchev–Trinajstić information content (AvgIpc) is 2.03. The lowest BCUT2D eigenvalue weighted by molar-refractivity contribution is -0.137. The van der Waals surface area contributed by atoms with Gasteiger partial charge in [-0.3, -0.25) is 9.79 Å². The van der Waals surface area contributed by atoms with E-state index in [0.29, 0.717) is 13.0 Å². The molecule has 0 aliphatic heterocycles. The molecule has 0 fully saturated rings. The summed E-state index contributed by atoms with van der Waals surface area (Å²) in [5.74, 6) is -0.657. The van der Waals surface area contributed by atoms with E-state index in [1.54, 1.807) is 0 Å². The van der Waals surface area contributed by atoms with Crippen molar-refractivity contribution < 1.29 is 9.28 Å². The fourth-order valence-corrected chi connectivity index (χ4v) is 0.667. The Labute approximate surface area is 71.5 Å². The van der Waals surface area contributed by atoms with Gasteiger partial charge in [-0.05, 0) is 18.7 Å². The van der Waals surface area contributed by atoms with Gasteiger partial charge in [-0.2, -0.15) is 5.12 Å². The highest BCUT2D eigenvalue weighted by molar-refractivity contribution is 5.87. The minimum absolute atomic E-state index is 0.0404. The molecule has 0 heterocycles. The fraction of sp³-hybridized carbons (Fsp3) is 0.500. The lowest BCUT2D eigenvalue weighted by Crippen LogP contribution is -2.15. The minimum Gasteiger partial charge on any atom is -0.297 e. The van der Waals surface area contributed by atoms with Crippen molar-refractivity contribution in [2.75, 3.05) is 13.6 Å². The van der Waals surface area contributed by atoms with Gasteiger partial charge in [-0.1, -0.05) is 11.4 Å². The second-order valence-corrected chi connectivity index (χ2v) is 2.35. The van der Waals surface area contributed by atoms with Crippen molar-refractivity contribution in [1.29, 1.82) is 0 Å². The predicted molar refractivity (Wildman–Crippen MR) is 46.7 cm³/mol. The molecule has 0 aliphatic carbocycles. The van der Waals surface area contributed by atoms with E-state index in [-0.39, 0.29) is 5.12 Å². The van der Waals surface area contributed by atoms with Crippen molar-refractivity contribution >= 4 is 12.6 Å². The summed E-state index contributed by atoms with van der Waals surface area (Å²) in [6.07, 6.45) is 1.92. The first-order chi connectivity index (χ1) is 5.61. The van der Waals surface area contributed by atoms with E-state index >= 15 is 0 Å². The Bertz CT molecular complexity index is 199. The zero-order chi connectivity index (χ0) is 9.56. The summed E-state index contributed by atoms with van der Waals surface area (Å²) < 4.78 is 12.2. The second kappa shape index (κ2) is 5.46. The van der Waals surface area contributed by atoms with E-state index in [2.05, 4.69) is 11.7 Å². The van der Waals surface area contributed by atoms with Crippen LogP contribution in [0.25, 0.3) is 0 Å². The summed E-state index contributed by atoms with van der Waals surface area (Å²) in [7, 11) is 1.06. The zero-order valence-electron chi connectivity index (χ0n) is 7.38. The van der Waals surface area contributed by atoms with Gasteiger partial charge < -0.3 is 0 Å². The van der Waals surface area contributed by atoms with Crippen LogP contribution in [0.4, 0.5) is 4.48 Å². The maximum Gasteiger partial charge on any atom is 0.273 e. The maximum absolute atomic E-state index is 12.2. The molecule has 0 unspecified atom stereocenters. The van der Waals surface area contributed by atoms with Crippen LogP contribution in [0.1, 0.15) is 13.3 Å². The second-order valence-electron chi connectivity index (χ2n) is 2.35. The SMILES string of the molecule is C=NC/C(=C/C(=O)N(C)F)CC. The molecule has 0 atom stereocenters. The first-order valence-electron chi connectivity index (χ1n) is 3.67. The van der Waals surface area contributed by atoms with Gasteiger partial charge in [-0.15, -0.1) is 0 Å². The van der Waals surface area contributed by atoms with E-state index in [9.17, 15) is 9.28 Å². The molecule has 0 spiro atoms. The van der Waals surface area contributed by atoms with E-state index < -0.39 is 5.91 Å². The van der Waals surface area contributed by atoms with Crippen molar-refractivity contribution in [3.05, 3.63) is 11.6 Å². The zero-order valence-corrected chi connectivity index (χ0v) is 7.38. The monoisotopic (exact) mass is 172 g/mol. The number of halogens is 1. The number of aliphatic imine (C=N–C) groups is 1. The molecule has 0 aromatic rings. The lowest BCUT2D eigenvalue weighted by atomic mass is 10.2. The average molecular weight is 172 g/mol. The molecule has 0 aromatic carbocycles. The highest BCUT2D eigenvalue weighted by Crippen LogP contribution is 2.02. The van der Waals surface area contributed by atoms with E-state index in [1.165, 1.54) is 6.08 Å². The molecule has 3 nitrogen and oxygen atoms in total. The molecule has 4 heteroatoms. The van der Waals surface area contributed by atoms with Gasteiger partial charge >= 0.3 is 0 Å². The first kappa shape index (κ1) is 10.8. The van der Waals surface area contributed by atoms with Gasteiger partial charge in [0, 0.05) is 13.1 Å². The van der Waals surface area contributed by atoms with Gasteiger partial charge in [0.2, 0.25) is 0 Å². The van der Waals surface area contributed by atoms with Crippen LogP contribution in [0.3, 0.4) is 0 Å². The largest absolute Gasteiger partial charge is 0.297 e. The molecule has 0 bridgehead atoms. The van der Waals surface area contributed by atoms with Crippen molar-refractivity contribution in [1.82, 2.24) is 5.12 Å². The van der Waals surface area contributed by atoms with E-state index in [0.717, 1.165) is 12.6 Å². The number of amides is 1. The first-order valence-corrected chi connectivity index (χ1v) is 3.67. The molecular weight excluding hydrogens is 159 g/mol. The van der Waals surface area contributed by atoms with Crippen LogP contribution >= 0.6 is 0 Å². The number of carbonyl (C=O) groups is 1. The van der Waals surface area contributed by atoms with Gasteiger partial charge in [0.25, 0.3) is 5.91 Å². The van der Waals surface area contributed by atoms with Crippen LogP contribution in [0.2, 0.25) is 0 Å². The van der Waals surface area contributed by atoms with Crippen LogP contribution in [-0.2, 0) is 4.79 Å². The predicted octanol–water partition coefficient (Wildman–Crippen LogP) is 1.37. The normalized spacial score (nSPS) is 11.1. The molecule has 0 radical (unpaired) electrons. The summed E-state index contributed by atoms with van der Waals surface area (Å²) in [5.41, 5.74) is 0.777. The Balaban J connectivity index is 4.26. The van der Waals surface area contributed by atoms with Crippen LogP contribution in [0, 0.1) is 0 Å². The molecule has 68 valence electrons. The summed E-state index contributed by atoms with van der Waals surface area (Å²) in [5, 5.41) is 0.0404. The van der Waals surface area contributed by atoms with Crippen LogP contribution in [0.15, 0.2) is 16.6 Å². The maximum atomic E-state index is 12.2. The third-order valence-corrected chi connectivity index (χ3v) is 1.40. The van der Waals surface area contributed by atoms with Gasteiger partial charge in [-0.25, -0.2) is 0 Å². The third-order valence-electron chi connectivity index (χ3n) is 1.40. The Morgan fingerprint density at radius 2 is 2.33 bits per heavy atom. The number of rotatable bonds is 4. The standard InChI is InChI=1S/C8H13FN2O/c1-4-7(6-10-2)5-8(12)11(3)9/h5H,2,4,6H2,1,3H3/b7-5+. The Morgan fingerprint density at radius 1 is 1.75 bits per heavy atom. The lowest BCUT2D eigenvalue weighted by Gasteiger charge is -2.02. The molecule has 0 saturated heterocycles. The van der Waals surface area contributed by atoms with Crippen molar-refractivity contribution in [2.24, 2.45) is 4.99 Å². The highest BCUT2D eigenvalue weighted by Gasteiger charge is 2.04. The number of carbonyl (C=O) groups excluding carboxylic acids is 1. The summed E-state index contributed by atoms with van der Waals surface area (Å²) in [6.45, 7) is 5.55. The van der Waals surface area contributed by atoms with Crippen molar-refractivity contribution in [2.45, 2.75) is 13.3 Å². The summed E-state index contributed by atoms with van der Waals surface area (Å²) >= 11 is 0. The Kier molecular flexibility index (Phi) is 4.92. The molecule has 0 N–H and O–H groups in total. The van der Waals surface area contributed by atoms with E-state index in [4.69, 9.17) is 0 Å². The van der Waals surface area contributed by atoms with Crippen LogP contribution in [-0.4, -0.2) is 31.3 Å². The number of nitrogens with zero attached hydrogens (tertiary/aromatic N) is 2. The Morgan fingerprint density at radius 3 is 2.67 bits per heavy atom. The quantitative estimate of drug-likeness (QED) is 0.358. The van der Waals surface area contributed by atoms with Crippen molar-refractivity contribution in [3.8, 4) is 0 Å². The molecule has 0 rings (SSSR count). The fourth-order valence-electron chi connectivity index (χ4n) is 0.667. The smallest absolute Gasteiger partial charge is 0.273 e. The highest BCUT2D eigenvalue weighted by atomic mass is 19.2.